The second-order valence-corrected chi connectivity index (χ2v) is 8.93. The number of hydrogen-bond donors (Lipinski definition) is 1. The van der Waals surface area contributed by atoms with Gasteiger partial charge in [-0.1, -0.05) is 67.1 Å². The minimum atomic E-state index is -0.149. The summed E-state index contributed by atoms with van der Waals surface area (Å²) in [5.74, 6) is 1.93. The van der Waals surface area contributed by atoms with E-state index < -0.39 is 0 Å². The average molecular weight is 441 g/mol. The van der Waals surface area contributed by atoms with Gasteiger partial charge in [0.15, 0.2) is 5.16 Å². The van der Waals surface area contributed by atoms with Gasteiger partial charge in [-0.25, -0.2) is 0 Å². The molecule has 2 aromatic rings. The molecule has 1 aromatic heterocycles. The number of aryl methyl sites for hydroxylation is 1. The lowest BCUT2D eigenvalue weighted by atomic mass is 9.86. The number of thioether (sulfide) groups is 1. The lowest BCUT2D eigenvalue weighted by molar-refractivity contribution is -0.113. The zero-order valence-electron chi connectivity index (χ0n) is 16.1. The average Bonchev–Trinajstić information content (AvgIpc) is 3.10. The van der Waals surface area contributed by atoms with Gasteiger partial charge in [0.05, 0.1) is 16.5 Å². The number of nitrogens with zero attached hydrogens (tertiary/aromatic N) is 3. The molecule has 1 aromatic carbocycles. The van der Waals surface area contributed by atoms with Crippen LogP contribution in [0.3, 0.4) is 0 Å². The molecule has 0 aliphatic heterocycles. The summed E-state index contributed by atoms with van der Waals surface area (Å²) in [6, 6.07) is 5.00. The van der Waals surface area contributed by atoms with Crippen LogP contribution in [0.2, 0.25) is 10.0 Å². The zero-order chi connectivity index (χ0) is 19.9. The molecule has 3 rings (SSSR count). The fourth-order valence-electron chi connectivity index (χ4n) is 3.65. The number of amides is 1. The van der Waals surface area contributed by atoms with Crippen LogP contribution in [0.5, 0.6) is 0 Å². The molecular weight excluding hydrogens is 415 g/mol. The largest absolute Gasteiger partial charge is 0.324 e. The van der Waals surface area contributed by atoms with E-state index in [2.05, 4.69) is 27.0 Å². The predicted octanol–water partition coefficient (Wildman–Crippen LogP) is 5.85. The normalized spacial score (nSPS) is 15.0. The maximum atomic E-state index is 12.3. The molecule has 0 spiro atoms. The summed E-state index contributed by atoms with van der Waals surface area (Å²) in [4.78, 5) is 12.3. The number of carbonyl (C=O) groups excluding carboxylic acids is 1. The van der Waals surface area contributed by atoms with Gasteiger partial charge in [-0.2, -0.15) is 0 Å². The standard InChI is InChI=1S/C20H26Cl2N4OS/c1-2-26-18(11-8-14-6-4-3-5-7-14)24-25-20(26)28-13-19(27)23-17-12-15(21)9-10-16(17)22/h9-10,12,14H,2-8,11,13H2,1H3,(H,23,27). The first kappa shape index (κ1) is 21.5. The molecule has 28 heavy (non-hydrogen) atoms. The molecule has 1 amide bonds. The molecule has 1 fully saturated rings. The summed E-state index contributed by atoms with van der Waals surface area (Å²) in [5.41, 5.74) is 0.518. The van der Waals surface area contributed by atoms with Crippen LogP contribution in [0.15, 0.2) is 23.4 Å². The van der Waals surface area contributed by atoms with Crippen LogP contribution in [-0.2, 0) is 17.8 Å². The Bertz CT molecular complexity index is 805. The topological polar surface area (TPSA) is 59.8 Å². The lowest BCUT2D eigenvalue weighted by Gasteiger charge is -2.21. The number of anilines is 1. The molecule has 8 heteroatoms. The van der Waals surface area contributed by atoms with Crippen molar-refractivity contribution in [2.45, 2.75) is 63.6 Å². The molecule has 1 N–H and O–H groups in total. The van der Waals surface area contributed by atoms with Crippen molar-refractivity contribution < 1.29 is 4.79 Å². The van der Waals surface area contributed by atoms with Gasteiger partial charge in [0.2, 0.25) is 5.91 Å². The van der Waals surface area contributed by atoms with Gasteiger partial charge in [0.1, 0.15) is 5.82 Å². The number of nitrogens with one attached hydrogen (secondary N) is 1. The summed E-state index contributed by atoms with van der Waals surface area (Å²) in [7, 11) is 0. The molecule has 1 aliphatic rings. The highest BCUT2D eigenvalue weighted by molar-refractivity contribution is 7.99. The highest BCUT2D eigenvalue weighted by atomic mass is 35.5. The maximum absolute atomic E-state index is 12.3. The van der Waals surface area contributed by atoms with Gasteiger partial charge in [0.25, 0.3) is 0 Å². The number of hydrogen-bond acceptors (Lipinski definition) is 4. The second kappa shape index (κ2) is 10.5. The van der Waals surface area contributed by atoms with E-state index in [-0.39, 0.29) is 11.7 Å². The van der Waals surface area contributed by atoms with E-state index in [0.29, 0.717) is 15.7 Å². The van der Waals surface area contributed by atoms with Crippen LogP contribution >= 0.6 is 35.0 Å². The summed E-state index contributed by atoms with van der Waals surface area (Å²) >= 11 is 13.5. The van der Waals surface area contributed by atoms with Crippen molar-refractivity contribution in [2.24, 2.45) is 5.92 Å². The van der Waals surface area contributed by atoms with E-state index in [4.69, 9.17) is 23.2 Å². The van der Waals surface area contributed by atoms with E-state index in [1.807, 2.05) is 0 Å². The Morgan fingerprint density at radius 3 is 2.79 bits per heavy atom. The van der Waals surface area contributed by atoms with Crippen molar-refractivity contribution in [3.8, 4) is 0 Å². The van der Waals surface area contributed by atoms with Crippen molar-refractivity contribution in [1.82, 2.24) is 14.8 Å². The van der Waals surface area contributed by atoms with Crippen LogP contribution in [0, 0.1) is 5.92 Å². The molecule has 1 saturated carbocycles. The van der Waals surface area contributed by atoms with E-state index in [0.717, 1.165) is 29.9 Å². The first-order chi connectivity index (χ1) is 13.6. The SMILES string of the molecule is CCn1c(CCC2CCCCC2)nnc1SCC(=O)Nc1cc(Cl)ccc1Cl. The van der Waals surface area contributed by atoms with Crippen LogP contribution < -0.4 is 5.32 Å². The van der Waals surface area contributed by atoms with E-state index in [1.54, 1.807) is 18.2 Å². The van der Waals surface area contributed by atoms with Gasteiger partial charge >= 0.3 is 0 Å². The number of aromatic nitrogens is 3. The summed E-state index contributed by atoms with van der Waals surface area (Å²) < 4.78 is 2.12. The van der Waals surface area contributed by atoms with Crippen LogP contribution in [0.4, 0.5) is 5.69 Å². The molecule has 1 heterocycles. The Balaban J connectivity index is 1.54. The quantitative estimate of drug-likeness (QED) is 0.522. The van der Waals surface area contributed by atoms with Gasteiger partial charge in [-0.15, -0.1) is 10.2 Å². The summed E-state index contributed by atoms with van der Waals surface area (Å²) in [5, 5.41) is 13.3. The fourth-order valence-corrected chi connectivity index (χ4v) is 4.81. The van der Waals surface area contributed by atoms with Crippen molar-refractivity contribution in [3.63, 3.8) is 0 Å². The Hall–Kier alpha value is -1.24. The van der Waals surface area contributed by atoms with Gasteiger partial charge < -0.3 is 9.88 Å². The van der Waals surface area contributed by atoms with Crippen molar-refractivity contribution in [3.05, 3.63) is 34.1 Å². The predicted molar refractivity (Wildman–Crippen MR) is 116 cm³/mol. The third-order valence-corrected chi connectivity index (χ3v) is 6.68. The van der Waals surface area contributed by atoms with Crippen molar-refractivity contribution in [2.75, 3.05) is 11.1 Å². The molecule has 0 atom stereocenters. The van der Waals surface area contributed by atoms with E-state index in [1.165, 1.54) is 50.3 Å². The highest BCUT2D eigenvalue weighted by Crippen LogP contribution is 2.28. The second-order valence-electron chi connectivity index (χ2n) is 7.15. The fraction of sp³-hybridized carbons (Fsp3) is 0.550. The zero-order valence-corrected chi connectivity index (χ0v) is 18.4. The Morgan fingerprint density at radius 1 is 1.25 bits per heavy atom. The van der Waals surface area contributed by atoms with Crippen molar-refractivity contribution >= 4 is 46.6 Å². The molecule has 5 nitrogen and oxygen atoms in total. The molecule has 0 saturated heterocycles. The lowest BCUT2D eigenvalue weighted by Crippen LogP contribution is -2.15. The monoisotopic (exact) mass is 440 g/mol. The van der Waals surface area contributed by atoms with E-state index >= 15 is 0 Å². The van der Waals surface area contributed by atoms with Gasteiger partial charge in [0, 0.05) is 18.0 Å². The van der Waals surface area contributed by atoms with Crippen LogP contribution in [-0.4, -0.2) is 26.4 Å². The molecule has 1 aliphatic carbocycles. The molecule has 0 bridgehead atoms. The summed E-state index contributed by atoms with van der Waals surface area (Å²) in [6.07, 6.45) is 8.91. The molecular formula is C20H26Cl2N4OS. The number of benzene rings is 1. The minimum Gasteiger partial charge on any atom is -0.324 e. The minimum absolute atomic E-state index is 0.149. The van der Waals surface area contributed by atoms with Gasteiger partial charge in [-0.05, 0) is 37.5 Å². The number of rotatable bonds is 8. The highest BCUT2D eigenvalue weighted by Gasteiger charge is 2.17. The van der Waals surface area contributed by atoms with Gasteiger partial charge in [-0.3, -0.25) is 4.79 Å². The summed E-state index contributed by atoms with van der Waals surface area (Å²) in [6.45, 7) is 2.89. The number of halogens is 2. The molecule has 0 unspecified atom stereocenters. The van der Waals surface area contributed by atoms with E-state index in [9.17, 15) is 4.79 Å². The number of carbonyl (C=O) groups is 1. The smallest absolute Gasteiger partial charge is 0.234 e. The first-order valence-electron chi connectivity index (χ1n) is 9.86. The maximum Gasteiger partial charge on any atom is 0.234 e. The Kier molecular flexibility index (Phi) is 8.06. The Labute approximate surface area is 180 Å². The third kappa shape index (κ3) is 5.88. The van der Waals surface area contributed by atoms with Crippen molar-refractivity contribution in [1.29, 1.82) is 0 Å². The van der Waals surface area contributed by atoms with Crippen LogP contribution in [0.25, 0.3) is 0 Å². The Morgan fingerprint density at radius 2 is 2.04 bits per heavy atom. The molecule has 0 radical (unpaired) electrons. The first-order valence-corrected chi connectivity index (χ1v) is 11.6. The molecule has 152 valence electrons. The third-order valence-electron chi connectivity index (χ3n) is 5.15. The van der Waals surface area contributed by atoms with Crippen LogP contribution in [0.1, 0.15) is 51.3 Å².